The lowest BCUT2D eigenvalue weighted by atomic mass is 9.61. The fourth-order valence-corrected chi connectivity index (χ4v) is 8.04. The second kappa shape index (κ2) is 4.73. The molecule has 2 aromatic carbocycles. The van der Waals surface area contributed by atoms with Gasteiger partial charge >= 0.3 is 0 Å². The van der Waals surface area contributed by atoms with E-state index in [1.807, 2.05) is 0 Å². The van der Waals surface area contributed by atoms with Gasteiger partial charge in [0.15, 0.2) is 0 Å². The first-order chi connectivity index (χ1) is 13.3. The third-order valence-corrected chi connectivity index (χ3v) is 9.00. The molecule has 5 aromatic rings. The molecule has 2 atom stereocenters. The summed E-state index contributed by atoms with van der Waals surface area (Å²) in [4.78, 5) is 26.3. The van der Waals surface area contributed by atoms with Crippen molar-refractivity contribution in [1.29, 1.82) is 0 Å². The van der Waals surface area contributed by atoms with E-state index in [4.69, 9.17) is 0 Å². The molecule has 0 N–H and O–H groups in total. The third kappa shape index (κ3) is 1.55. The predicted octanol–water partition coefficient (Wildman–Crippen LogP) is 6.06. The minimum absolute atomic E-state index is 0.233. The van der Waals surface area contributed by atoms with Crippen molar-refractivity contribution in [2.75, 3.05) is 0 Å². The summed E-state index contributed by atoms with van der Waals surface area (Å²) in [7, 11) is 0. The van der Waals surface area contributed by atoms with Crippen LogP contribution in [0.3, 0.4) is 0 Å². The largest absolute Gasteiger partial charge is 0.290 e. The lowest BCUT2D eigenvalue weighted by molar-refractivity contribution is -0.138. The van der Waals surface area contributed by atoms with Gasteiger partial charge in [0.25, 0.3) is 0 Å². The number of ketones is 2. The normalized spacial score (nSPS) is 20.7. The molecule has 0 fully saturated rings. The summed E-state index contributed by atoms with van der Waals surface area (Å²) in [5, 5.41) is 9.74. The van der Waals surface area contributed by atoms with E-state index in [2.05, 4.69) is 46.5 Å². The SMILES string of the molecule is O=C1C(=O)C2c3c(c4ccsc4c4sccc34)C1c1ccc3ccsc3c12. The smallest absolute Gasteiger partial charge is 0.211 e. The Hall–Kier alpha value is -2.34. The van der Waals surface area contributed by atoms with Crippen LogP contribution >= 0.6 is 34.0 Å². The fourth-order valence-electron chi connectivity index (χ4n) is 5.04. The lowest BCUT2D eigenvalue weighted by Crippen LogP contribution is -2.41. The molecule has 8 rings (SSSR count). The Morgan fingerprint density at radius 2 is 1.19 bits per heavy atom. The van der Waals surface area contributed by atoms with Gasteiger partial charge in [0.2, 0.25) is 11.6 Å². The van der Waals surface area contributed by atoms with E-state index in [0.717, 1.165) is 43.1 Å². The van der Waals surface area contributed by atoms with Crippen LogP contribution in [0, 0.1) is 0 Å². The quantitative estimate of drug-likeness (QED) is 0.295. The zero-order valence-corrected chi connectivity index (χ0v) is 16.3. The van der Waals surface area contributed by atoms with Crippen LogP contribution in [0.4, 0.5) is 0 Å². The summed E-state index contributed by atoms with van der Waals surface area (Å²) in [6, 6.07) is 10.5. The van der Waals surface area contributed by atoms with E-state index >= 15 is 0 Å². The number of carbonyl (C=O) groups is 2. The number of benzene rings is 2. The predicted molar refractivity (Wildman–Crippen MR) is 113 cm³/mol. The summed E-state index contributed by atoms with van der Waals surface area (Å²) in [5.74, 6) is -1.39. The molecular formula is C22H10O2S3. The highest BCUT2D eigenvalue weighted by atomic mass is 32.1. The number of hydrogen-bond acceptors (Lipinski definition) is 5. The number of fused-ring (bicyclic) bond motifs is 5. The van der Waals surface area contributed by atoms with Crippen LogP contribution in [0.2, 0.25) is 0 Å². The lowest BCUT2D eigenvalue weighted by Gasteiger charge is -2.39. The molecule has 128 valence electrons. The van der Waals surface area contributed by atoms with Gasteiger partial charge in [-0.2, -0.15) is 0 Å². The average Bonchev–Trinajstić information content (AvgIpc) is 3.43. The molecule has 0 saturated carbocycles. The Labute approximate surface area is 165 Å². The van der Waals surface area contributed by atoms with Crippen LogP contribution in [-0.2, 0) is 9.59 Å². The summed E-state index contributed by atoms with van der Waals surface area (Å²) in [6.07, 6.45) is 0. The molecule has 3 heterocycles. The number of carbonyl (C=O) groups excluding carboxylic acids is 2. The molecule has 2 bridgehead atoms. The standard InChI is InChI=1S/C22H10O2S3/c23-18-15-10-2-1-9-3-6-25-20(9)16(10)17(19(18)24)14-12-5-8-27-22(12)21-11(13(14)15)4-7-26-21/h1-8,15,17H. The van der Waals surface area contributed by atoms with E-state index in [-0.39, 0.29) is 11.6 Å². The van der Waals surface area contributed by atoms with Crippen molar-refractivity contribution in [2.24, 2.45) is 0 Å². The molecule has 5 heteroatoms. The molecular weight excluding hydrogens is 392 g/mol. The maximum Gasteiger partial charge on any atom is 0.211 e. The molecule has 0 saturated heterocycles. The molecule has 0 spiro atoms. The fraction of sp³-hybridized carbons (Fsp3) is 0.0909. The molecule has 27 heavy (non-hydrogen) atoms. The van der Waals surface area contributed by atoms with Crippen molar-refractivity contribution in [2.45, 2.75) is 11.8 Å². The average molecular weight is 403 g/mol. The van der Waals surface area contributed by atoms with Crippen molar-refractivity contribution < 1.29 is 9.59 Å². The molecule has 3 aromatic heterocycles. The molecule has 0 amide bonds. The van der Waals surface area contributed by atoms with Crippen LogP contribution in [0.5, 0.6) is 0 Å². The number of Topliss-reactive ketones (excluding diaryl/α,β-unsaturated/α-hetero) is 2. The molecule has 0 aliphatic heterocycles. The van der Waals surface area contributed by atoms with Crippen LogP contribution in [0.25, 0.3) is 30.3 Å². The van der Waals surface area contributed by atoms with Crippen LogP contribution < -0.4 is 0 Å². The van der Waals surface area contributed by atoms with Crippen molar-refractivity contribution >= 4 is 75.8 Å². The Morgan fingerprint density at radius 3 is 1.93 bits per heavy atom. The second-order valence-corrected chi connectivity index (χ2v) is 9.90. The maximum atomic E-state index is 13.2. The van der Waals surface area contributed by atoms with Crippen molar-refractivity contribution in [3.63, 3.8) is 0 Å². The van der Waals surface area contributed by atoms with Crippen LogP contribution in [-0.4, -0.2) is 11.6 Å². The summed E-state index contributed by atoms with van der Waals surface area (Å²) >= 11 is 5.13. The number of hydrogen-bond donors (Lipinski definition) is 0. The summed E-state index contributed by atoms with van der Waals surface area (Å²) in [6.45, 7) is 0. The minimum Gasteiger partial charge on any atom is -0.290 e. The summed E-state index contributed by atoms with van der Waals surface area (Å²) < 4.78 is 3.64. The Balaban J connectivity index is 1.76. The highest BCUT2D eigenvalue weighted by Crippen LogP contribution is 2.57. The van der Waals surface area contributed by atoms with Gasteiger partial charge in [0, 0.05) is 4.70 Å². The molecule has 2 unspecified atom stereocenters. The third-order valence-electron chi connectivity index (χ3n) is 6.05. The molecule has 2 nitrogen and oxygen atoms in total. The Bertz CT molecular complexity index is 1480. The number of thiophene rings is 3. The van der Waals surface area contributed by atoms with E-state index in [9.17, 15) is 9.59 Å². The van der Waals surface area contributed by atoms with Gasteiger partial charge in [-0.1, -0.05) is 12.1 Å². The zero-order chi connectivity index (χ0) is 17.9. The van der Waals surface area contributed by atoms with E-state index in [1.54, 1.807) is 34.0 Å². The van der Waals surface area contributed by atoms with Gasteiger partial charge in [-0.25, -0.2) is 0 Å². The van der Waals surface area contributed by atoms with Gasteiger partial charge in [-0.3, -0.25) is 9.59 Å². The molecule has 3 aliphatic rings. The van der Waals surface area contributed by atoms with Crippen molar-refractivity contribution in [3.05, 3.63) is 68.7 Å². The highest BCUT2D eigenvalue weighted by molar-refractivity contribution is 7.25. The first-order valence-corrected chi connectivity index (χ1v) is 11.4. The molecule has 0 radical (unpaired) electrons. The first-order valence-electron chi connectivity index (χ1n) is 8.74. The van der Waals surface area contributed by atoms with Gasteiger partial charge in [-0.05, 0) is 72.8 Å². The first kappa shape index (κ1) is 14.7. The van der Waals surface area contributed by atoms with Crippen molar-refractivity contribution in [1.82, 2.24) is 0 Å². The zero-order valence-electron chi connectivity index (χ0n) is 13.8. The van der Waals surface area contributed by atoms with Gasteiger partial charge in [0.05, 0.1) is 21.2 Å². The topological polar surface area (TPSA) is 34.1 Å². The maximum absolute atomic E-state index is 13.2. The van der Waals surface area contributed by atoms with Gasteiger partial charge in [0.1, 0.15) is 0 Å². The van der Waals surface area contributed by atoms with Crippen molar-refractivity contribution in [3.8, 4) is 0 Å². The Kier molecular flexibility index (Phi) is 2.57. The van der Waals surface area contributed by atoms with E-state index < -0.39 is 11.8 Å². The Morgan fingerprint density at radius 1 is 0.593 bits per heavy atom. The highest BCUT2D eigenvalue weighted by Gasteiger charge is 2.51. The molecule has 3 aliphatic carbocycles. The second-order valence-electron chi connectivity index (χ2n) is 7.16. The van der Waals surface area contributed by atoms with Crippen LogP contribution in [0.1, 0.15) is 34.1 Å². The summed E-state index contributed by atoms with van der Waals surface area (Å²) in [5.41, 5.74) is 4.27. The monoisotopic (exact) mass is 402 g/mol. The minimum atomic E-state index is -0.462. The number of rotatable bonds is 0. The van der Waals surface area contributed by atoms with Gasteiger partial charge in [-0.15, -0.1) is 34.0 Å². The van der Waals surface area contributed by atoms with Crippen LogP contribution in [0.15, 0.2) is 46.5 Å². The van der Waals surface area contributed by atoms with Gasteiger partial charge < -0.3 is 0 Å². The van der Waals surface area contributed by atoms with E-state index in [0.29, 0.717) is 0 Å². The van der Waals surface area contributed by atoms with E-state index in [1.165, 1.54) is 9.40 Å².